The van der Waals surface area contributed by atoms with E-state index in [0.29, 0.717) is 0 Å². The zero-order valence-corrected chi connectivity index (χ0v) is 17.7. The van der Waals surface area contributed by atoms with Gasteiger partial charge in [0.25, 0.3) is 0 Å². The lowest BCUT2D eigenvalue weighted by Gasteiger charge is -2.13. The first-order chi connectivity index (χ1) is 14.7. The van der Waals surface area contributed by atoms with Gasteiger partial charge in [0, 0.05) is 48.6 Å². The van der Waals surface area contributed by atoms with Crippen LogP contribution in [-0.2, 0) is 7.05 Å². The van der Waals surface area contributed by atoms with Crippen LogP contribution in [0.5, 0.6) is 0 Å². The van der Waals surface area contributed by atoms with Crippen LogP contribution in [0.2, 0.25) is 0 Å². The highest BCUT2D eigenvalue weighted by atomic mass is 14.9. The van der Waals surface area contributed by atoms with Crippen LogP contribution < -0.4 is 5.32 Å². The lowest BCUT2D eigenvalue weighted by atomic mass is 10.0. The summed E-state index contributed by atoms with van der Waals surface area (Å²) in [6, 6.07) is 14.8. The SMILES string of the molecule is CC.Cc1ccncc1Nc1cc(-c2ccc3ccn(C)c3c2)c2nccnc2c1. The molecule has 5 aromatic rings. The van der Waals surface area contributed by atoms with Gasteiger partial charge in [-0.2, -0.15) is 0 Å². The number of benzene rings is 2. The Morgan fingerprint density at radius 2 is 1.73 bits per heavy atom. The third-order valence-corrected chi connectivity index (χ3v) is 5.09. The van der Waals surface area contributed by atoms with E-state index in [9.17, 15) is 0 Å². The summed E-state index contributed by atoms with van der Waals surface area (Å²) in [5.74, 6) is 0. The van der Waals surface area contributed by atoms with Crippen molar-refractivity contribution >= 4 is 33.3 Å². The monoisotopic (exact) mass is 395 g/mol. The van der Waals surface area contributed by atoms with Crippen LogP contribution in [0.25, 0.3) is 33.1 Å². The van der Waals surface area contributed by atoms with Crippen molar-refractivity contribution in [1.29, 1.82) is 0 Å². The van der Waals surface area contributed by atoms with Gasteiger partial charge in [-0.15, -0.1) is 0 Å². The van der Waals surface area contributed by atoms with Crippen molar-refractivity contribution < 1.29 is 0 Å². The van der Waals surface area contributed by atoms with Crippen molar-refractivity contribution in [3.8, 4) is 11.1 Å². The maximum Gasteiger partial charge on any atom is 0.0966 e. The molecule has 2 aromatic carbocycles. The molecule has 5 nitrogen and oxygen atoms in total. The van der Waals surface area contributed by atoms with E-state index < -0.39 is 0 Å². The van der Waals surface area contributed by atoms with Crippen LogP contribution in [0.1, 0.15) is 19.4 Å². The van der Waals surface area contributed by atoms with Crippen molar-refractivity contribution in [2.24, 2.45) is 7.05 Å². The number of fused-ring (bicyclic) bond motifs is 2. The number of hydrogen-bond donors (Lipinski definition) is 1. The molecule has 0 atom stereocenters. The average molecular weight is 396 g/mol. The number of rotatable bonds is 3. The number of aromatic nitrogens is 4. The summed E-state index contributed by atoms with van der Waals surface area (Å²) >= 11 is 0. The number of aryl methyl sites for hydroxylation is 2. The Hall–Kier alpha value is -3.73. The predicted octanol–water partition coefficient (Wildman–Crippen LogP) is 6.26. The summed E-state index contributed by atoms with van der Waals surface area (Å²) < 4.78 is 2.13. The quantitative estimate of drug-likeness (QED) is 0.392. The molecule has 5 rings (SSSR count). The lowest BCUT2D eigenvalue weighted by Crippen LogP contribution is -1.96. The van der Waals surface area contributed by atoms with E-state index in [0.717, 1.165) is 39.1 Å². The van der Waals surface area contributed by atoms with E-state index in [1.807, 2.05) is 32.2 Å². The molecular formula is C25H25N5. The van der Waals surface area contributed by atoms with E-state index in [1.54, 1.807) is 18.6 Å². The van der Waals surface area contributed by atoms with Crippen LogP contribution in [0.3, 0.4) is 0 Å². The van der Waals surface area contributed by atoms with Gasteiger partial charge >= 0.3 is 0 Å². The normalized spacial score (nSPS) is 10.7. The second-order valence-corrected chi connectivity index (χ2v) is 6.96. The zero-order valence-electron chi connectivity index (χ0n) is 17.7. The smallest absolute Gasteiger partial charge is 0.0966 e. The molecule has 0 aliphatic rings. The maximum atomic E-state index is 4.60. The van der Waals surface area contributed by atoms with Crippen molar-refractivity contribution in [2.45, 2.75) is 20.8 Å². The summed E-state index contributed by atoms with van der Waals surface area (Å²) in [5.41, 5.74) is 8.20. The molecule has 0 saturated carbocycles. The fourth-order valence-corrected chi connectivity index (χ4v) is 3.55. The maximum absolute atomic E-state index is 4.60. The molecule has 3 aromatic heterocycles. The van der Waals surface area contributed by atoms with Crippen LogP contribution in [0, 0.1) is 6.92 Å². The minimum atomic E-state index is 0.857. The first kappa shape index (κ1) is 19.6. The standard InChI is InChI=1S/C23H19N5.C2H6/c1-15-5-7-24-14-21(15)27-18-12-19(23-20(13-18)25-8-9-26-23)17-4-3-16-6-10-28(2)22(16)11-17;1-2/h3-14,27H,1-2H3;1-2H3. The van der Waals surface area contributed by atoms with Crippen LogP contribution in [0.15, 0.2) is 73.4 Å². The highest BCUT2D eigenvalue weighted by molar-refractivity contribution is 5.97. The fraction of sp³-hybridized carbons (Fsp3) is 0.160. The highest BCUT2D eigenvalue weighted by Gasteiger charge is 2.11. The van der Waals surface area contributed by atoms with E-state index in [1.165, 1.54) is 10.9 Å². The molecule has 5 heteroatoms. The van der Waals surface area contributed by atoms with Gasteiger partial charge in [0.15, 0.2) is 0 Å². The number of anilines is 2. The minimum absolute atomic E-state index is 0.857. The fourth-order valence-electron chi connectivity index (χ4n) is 3.55. The topological polar surface area (TPSA) is 55.6 Å². The van der Waals surface area contributed by atoms with Crippen molar-refractivity contribution in [2.75, 3.05) is 5.32 Å². The van der Waals surface area contributed by atoms with Gasteiger partial charge in [-0.25, -0.2) is 0 Å². The molecule has 3 heterocycles. The third kappa shape index (κ3) is 3.62. The molecule has 0 aliphatic carbocycles. The molecule has 0 amide bonds. The summed E-state index contributed by atoms with van der Waals surface area (Å²) in [7, 11) is 2.06. The molecule has 0 radical (unpaired) electrons. The largest absolute Gasteiger partial charge is 0.354 e. The van der Waals surface area contributed by atoms with E-state index in [4.69, 9.17) is 0 Å². The molecule has 0 unspecified atom stereocenters. The van der Waals surface area contributed by atoms with E-state index in [2.05, 4.69) is 75.3 Å². The van der Waals surface area contributed by atoms with Crippen LogP contribution >= 0.6 is 0 Å². The van der Waals surface area contributed by atoms with Crippen LogP contribution in [0.4, 0.5) is 11.4 Å². The molecule has 0 aliphatic heterocycles. The first-order valence-electron chi connectivity index (χ1n) is 10.2. The Labute approximate surface area is 176 Å². The predicted molar refractivity (Wildman–Crippen MR) is 125 cm³/mol. The zero-order chi connectivity index (χ0) is 21.1. The Morgan fingerprint density at radius 1 is 0.900 bits per heavy atom. The van der Waals surface area contributed by atoms with Crippen molar-refractivity contribution in [1.82, 2.24) is 19.5 Å². The van der Waals surface area contributed by atoms with Gasteiger partial charge in [-0.1, -0.05) is 26.0 Å². The summed E-state index contributed by atoms with van der Waals surface area (Å²) in [4.78, 5) is 13.4. The van der Waals surface area contributed by atoms with Crippen LogP contribution in [-0.4, -0.2) is 19.5 Å². The molecule has 1 N–H and O–H groups in total. The van der Waals surface area contributed by atoms with E-state index >= 15 is 0 Å². The molecule has 0 spiro atoms. The van der Waals surface area contributed by atoms with Crippen molar-refractivity contribution in [3.05, 3.63) is 79.0 Å². The second kappa shape index (κ2) is 8.33. The molecule has 150 valence electrons. The molecule has 0 fully saturated rings. The van der Waals surface area contributed by atoms with Gasteiger partial charge in [-0.3, -0.25) is 15.0 Å². The number of nitrogens with one attached hydrogen (secondary N) is 1. The molecule has 30 heavy (non-hydrogen) atoms. The van der Waals surface area contributed by atoms with Gasteiger partial charge in [0.05, 0.1) is 22.9 Å². The van der Waals surface area contributed by atoms with Gasteiger partial charge < -0.3 is 9.88 Å². The second-order valence-electron chi connectivity index (χ2n) is 6.96. The molecule has 0 bridgehead atoms. The summed E-state index contributed by atoms with van der Waals surface area (Å²) in [6.07, 6.45) is 9.19. The Balaban J connectivity index is 0.00000106. The lowest BCUT2D eigenvalue weighted by molar-refractivity contribution is 0.969. The minimum Gasteiger partial charge on any atom is -0.354 e. The van der Waals surface area contributed by atoms with E-state index in [-0.39, 0.29) is 0 Å². The average Bonchev–Trinajstić information content (AvgIpc) is 3.16. The van der Waals surface area contributed by atoms with Gasteiger partial charge in [-0.05, 0) is 53.8 Å². The van der Waals surface area contributed by atoms with Crippen molar-refractivity contribution in [3.63, 3.8) is 0 Å². The number of hydrogen-bond acceptors (Lipinski definition) is 4. The first-order valence-corrected chi connectivity index (χ1v) is 10.2. The summed E-state index contributed by atoms with van der Waals surface area (Å²) in [5, 5.41) is 4.71. The van der Waals surface area contributed by atoms with Gasteiger partial charge in [0.1, 0.15) is 0 Å². The third-order valence-electron chi connectivity index (χ3n) is 5.09. The van der Waals surface area contributed by atoms with Gasteiger partial charge in [0.2, 0.25) is 0 Å². The highest BCUT2D eigenvalue weighted by Crippen LogP contribution is 2.33. The Bertz CT molecular complexity index is 1320. The summed E-state index contributed by atoms with van der Waals surface area (Å²) in [6.45, 7) is 6.06. The number of nitrogens with zero attached hydrogens (tertiary/aromatic N) is 4. The molecule has 0 saturated heterocycles. The molecular weight excluding hydrogens is 370 g/mol. The Morgan fingerprint density at radius 3 is 2.57 bits per heavy atom. The number of pyridine rings is 1. The Kier molecular flexibility index (Phi) is 5.44.